The minimum absolute atomic E-state index is 0.319. The van der Waals surface area contributed by atoms with Gasteiger partial charge in [-0.1, -0.05) is 12.1 Å². The number of urea groups is 1. The molecule has 2 N–H and O–H groups in total. The quantitative estimate of drug-likeness (QED) is 0.818. The summed E-state index contributed by atoms with van der Waals surface area (Å²) in [4.78, 5) is 23.9. The molecule has 0 aliphatic carbocycles. The summed E-state index contributed by atoms with van der Waals surface area (Å²) in [6, 6.07) is 11.7. The van der Waals surface area contributed by atoms with Gasteiger partial charge in [-0.25, -0.2) is 9.59 Å². The molecule has 2 aromatic carbocycles. The number of rotatable bonds is 5. The second kappa shape index (κ2) is 8.01. The molecule has 2 rings (SSSR count). The third kappa shape index (κ3) is 4.25. The van der Waals surface area contributed by atoms with Crippen LogP contribution in [-0.2, 0) is 4.74 Å². The molecule has 0 atom stereocenters. The maximum Gasteiger partial charge on any atom is 0.338 e. The Balaban J connectivity index is 2.08. The summed E-state index contributed by atoms with van der Waals surface area (Å²) in [5.74, 6) is 0.188. The van der Waals surface area contributed by atoms with E-state index in [0.717, 1.165) is 5.56 Å². The Labute approximate surface area is 140 Å². The van der Waals surface area contributed by atoms with Gasteiger partial charge < -0.3 is 20.1 Å². The molecule has 0 unspecified atom stereocenters. The molecule has 0 aromatic heterocycles. The lowest BCUT2D eigenvalue weighted by atomic mass is 10.1. The van der Waals surface area contributed by atoms with E-state index in [1.54, 1.807) is 50.2 Å². The fraction of sp³-hybridized carbons (Fsp3) is 0.222. The number of benzene rings is 2. The van der Waals surface area contributed by atoms with Gasteiger partial charge in [-0.2, -0.15) is 0 Å². The van der Waals surface area contributed by atoms with Gasteiger partial charge in [0.25, 0.3) is 0 Å². The van der Waals surface area contributed by atoms with Crippen molar-refractivity contribution < 1.29 is 19.1 Å². The van der Waals surface area contributed by atoms with Crippen molar-refractivity contribution in [1.82, 2.24) is 0 Å². The molecule has 0 aliphatic rings. The fourth-order valence-electron chi connectivity index (χ4n) is 2.17. The van der Waals surface area contributed by atoms with Crippen molar-refractivity contribution in [2.45, 2.75) is 13.8 Å². The van der Waals surface area contributed by atoms with Crippen LogP contribution in [0.4, 0.5) is 16.2 Å². The zero-order valence-corrected chi connectivity index (χ0v) is 13.9. The van der Waals surface area contributed by atoms with Crippen LogP contribution in [0.25, 0.3) is 0 Å². The van der Waals surface area contributed by atoms with Crippen molar-refractivity contribution >= 4 is 23.4 Å². The molecule has 2 amide bonds. The monoisotopic (exact) mass is 328 g/mol. The summed E-state index contributed by atoms with van der Waals surface area (Å²) in [5.41, 5.74) is 2.38. The fourth-order valence-corrected chi connectivity index (χ4v) is 2.17. The summed E-state index contributed by atoms with van der Waals surface area (Å²) in [6.45, 7) is 3.88. The summed E-state index contributed by atoms with van der Waals surface area (Å²) in [5, 5.41) is 5.48. The van der Waals surface area contributed by atoms with Crippen LogP contribution in [0.1, 0.15) is 22.8 Å². The Morgan fingerprint density at radius 3 is 2.42 bits per heavy atom. The molecule has 6 nitrogen and oxygen atoms in total. The molecular formula is C18H20N2O4. The number of anilines is 2. The number of ether oxygens (including phenoxy) is 2. The minimum atomic E-state index is -0.397. The highest BCUT2D eigenvalue weighted by atomic mass is 16.5. The number of hydrogen-bond donors (Lipinski definition) is 2. The van der Waals surface area contributed by atoms with Crippen LogP contribution in [0.3, 0.4) is 0 Å². The number of carbonyl (C=O) groups is 2. The molecule has 2 aromatic rings. The first kappa shape index (κ1) is 17.3. The summed E-state index contributed by atoms with van der Waals surface area (Å²) < 4.78 is 10.1. The van der Waals surface area contributed by atoms with Crippen molar-refractivity contribution in [2.75, 3.05) is 24.4 Å². The number of aryl methyl sites for hydroxylation is 1. The molecule has 0 saturated carbocycles. The predicted octanol–water partition coefficient (Wildman–Crippen LogP) is 3.82. The van der Waals surface area contributed by atoms with Crippen molar-refractivity contribution in [3.63, 3.8) is 0 Å². The Kier molecular flexibility index (Phi) is 5.78. The van der Waals surface area contributed by atoms with E-state index in [0.29, 0.717) is 29.3 Å². The van der Waals surface area contributed by atoms with Gasteiger partial charge in [-0.15, -0.1) is 0 Å². The van der Waals surface area contributed by atoms with Gasteiger partial charge in [0.15, 0.2) is 0 Å². The number of methoxy groups -OCH3 is 1. The molecule has 24 heavy (non-hydrogen) atoms. The Morgan fingerprint density at radius 1 is 1.04 bits per heavy atom. The molecule has 126 valence electrons. The van der Waals surface area contributed by atoms with E-state index in [9.17, 15) is 9.59 Å². The third-order valence-electron chi connectivity index (χ3n) is 3.34. The highest BCUT2D eigenvalue weighted by molar-refractivity contribution is 6.01. The van der Waals surface area contributed by atoms with Gasteiger partial charge >= 0.3 is 12.0 Å². The number of hydrogen-bond acceptors (Lipinski definition) is 4. The first-order valence-electron chi connectivity index (χ1n) is 7.54. The Hall–Kier alpha value is -3.02. The number of esters is 1. The van der Waals surface area contributed by atoms with Crippen LogP contribution in [0.15, 0.2) is 42.5 Å². The van der Waals surface area contributed by atoms with Crippen LogP contribution in [-0.4, -0.2) is 25.7 Å². The highest BCUT2D eigenvalue weighted by Crippen LogP contribution is 2.23. The van der Waals surface area contributed by atoms with E-state index in [1.165, 1.54) is 7.11 Å². The summed E-state index contributed by atoms with van der Waals surface area (Å²) in [7, 11) is 1.54. The van der Waals surface area contributed by atoms with Crippen LogP contribution in [0, 0.1) is 6.92 Å². The topological polar surface area (TPSA) is 76.7 Å². The van der Waals surface area contributed by atoms with E-state index in [-0.39, 0.29) is 5.97 Å². The van der Waals surface area contributed by atoms with Gasteiger partial charge in [0, 0.05) is 5.69 Å². The standard InChI is InChI=1S/C18H20N2O4/c1-4-24-17(21)13-9-10-14(12(2)11-13)19-18(22)20-15-7-5-6-8-16(15)23-3/h5-11H,4H2,1-3H3,(H2,19,20,22). The second-order valence-corrected chi connectivity index (χ2v) is 5.03. The van der Waals surface area contributed by atoms with E-state index in [4.69, 9.17) is 9.47 Å². The number of para-hydroxylation sites is 2. The molecule has 6 heteroatoms. The largest absolute Gasteiger partial charge is 0.495 e. The first-order chi connectivity index (χ1) is 11.5. The molecule has 0 bridgehead atoms. The average Bonchev–Trinajstić information content (AvgIpc) is 2.57. The number of amides is 2. The zero-order valence-electron chi connectivity index (χ0n) is 13.9. The molecule has 0 fully saturated rings. The molecule has 0 radical (unpaired) electrons. The smallest absolute Gasteiger partial charge is 0.338 e. The second-order valence-electron chi connectivity index (χ2n) is 5.03. The lowest BCUT2D eigenvalue weighted by molar-refractivity contribution is 0.0526. The van der Waals surface area contributed by atoms with E-state index in [1.807, 2.05) is 6.07 Å². The zero-order chi connectivity index (χ0) is 17.5. The van der Waals surface area contributed by atoms with Crippen molar-refractivity contribution in [3.8, 4) is 5.75 Å². The van der Waals surface area contributed by atoms with Crippen LogP contribution < -0.4 is 15.4 Å². The number of carbonyl (C=O) groups excluding carboxylic acids is 2. The maximum absolute atomic E-state index is 12.2. The molecule has 0 aliphatic heterocycles. The first-order valence-corrected chi connectivity index (χ1v) is 7.54. The van der Waals surface area contributed by atoms with Crippen molar-refractivity contribution in [2.24, 2.45) is 0 Å². The van der Waals surface area contributed by atoms with E-state index in [2.05, 4.69) is 10.6 Å². The number of nitrogens with one attached hydrogen (secondary N) is 2. The van der Waals surface area contributed by atoms with Gasteiger partial charge in [-0.3, -0.25) is 0 Å². The van der Waals surface area contributed by atoms with Crippen LogP contribution >= 0.6 is 0 Å². The lowest BCUT2D eigenvalue weighted by Crippen LogP contribution is -2.20. The SMILES string of the molecule is CCOC(=O)c1ccc(NC(=O)Nc2ccccc2OC)c(C)c1. The molecule has 0 spiro atoms. The molecule has 0 saturated heterocycles. The predicted molar refractivity (Wildman–Crippen MR) is 92.8 cm³/mol. The van der Waals surface area contributed by atoms with Crippen molar-refractivity contribution in [3.05, 3.63) is 53.6 Å². The highest BCUT2D eigenvalue weighted by Gasteiger charge is 2.11. The van der Waals surface area contributed by atoms with Crippen LogP contribution in [0.2, 0.25) is 0 Å². The van der Waals surface area contributed by atoms with Gasteiger partial charge in [-0.05, 0) is 49.7 Å². The summed E-state index contributed by atoms with van der Waals surface area (Å²) in [6.07, 6.45) is 0. The van der Waals surface area contributed by atoms with Gasteiger partial charge in [0.1, 0.15) is 5.75 Å². The Morgan fingerprint density at radius 2 is 1.75 bits per heavy atom. The molecule has 0 heterocycles. The maximum atomic E-state index is 12.2. The normalized spacial score (nSPS) is 9.96. The minimum Gasteiger partial charge on any atom is -0.495 e. The average molecular weight is 328 g/mol. The van der Waals surface area contributed by atoms with Crippen molar-refractivity contribution in [1.29, 1.82) is 0 Å². The molecular weight excluding hydrogens is 308 g/mol. The van der Waals surface area contributed by atoms with Gasteiger partial charge in [0.05, 0.1) is 25.0 Å². The summed E-state index contributed by atoms with van der Waals surface area (Å²) >= 11 is 0. The van der Waals surface area contributed by atoms with E-state index < -0.39 is 6.03 Å². The Bertz CT molecular complexity index is 744. The third-order valence-corrected chi connectivity index (χ3v) is 3.34. The van der Waals surface area contributed by atoms with E-state index >= 15 is 0 Å². The van der Waals surface area contributed by atoms with Crippen LogP contribution in [0.5, 0.6) is 5.75 Å². The van der Waals surface area contributed by atoms with Gasteiger partial charge in [0.2, 0.25) is 0 Å². The lowest BCUT2D eigenvalue weighted by Gasteiger charge is -2.13.